The van der Waals surface area contributed by atoms with E-state index in [4.69, 9.17) is 15.6 Å². The lowest BCUT2D eigenvalue weighted by molar-refractivity contribution is 0.184. The maximum absolute atomic E-state index is 8.85. The summed E-state index contributed by atoms with van der Waals surface area (Å²) in [5.41, 5.74) is 7.68. The predicted octanol–water partition coefficient (Wildman–Crippen LogP) is 0.825. The fraction of sp³-hybridized carbons (Fsp3) is 0.400. The van der Waals surface area contributed by atoms with Gasteiger partial charge in [-0.1, -0.05) is 24.3 Å². The molecule has 0 aliphatic rings. The molecule has 0 aromatic heterocycles. The Labute approximate surface area is 78.1 Å². The zero-order valence-electron chi connectivity index (χ0n) is 7.73. The first-order valence-corrected chi connectivity index (χ1v) is 4.22. The number of hydrogen-bond donors (Lipinski definition) is 2. The summed E-state index contributed by atoms with van der Waals surface area (Å²) < 4.78 is 4.99. The molecule has 0 spiro atoms. The second-order valence-corrected chi connectivity index (χ2v) is 2.97. The number of rotatable bonds is 4. The van der Waals surface area contributed by atoms with Gasteiger partial charge in [0.25, 0.3) is 0 Å². The average Bonchev–Trinajstić information content (AvgIpc) is 2.18. The van der Waals surface area contributed by atoms with Crippen LogP contribution in [0.4, 0.5) is 0 Å². The van der Waals surface area contributed by atoms with Gasteiger partial charge in [0.2, 0.25) is 0 Å². The quantitative estimate of drug-likeness (QED) is 0.723. The molecule has 1 atom stereocenters. The van der Waals surface area contributed by atoms with Crippen molar-refractivity contribution in [2.24, 2.45) is 5.73 Å². The second kappa shape index (κ2) is 4.97. The molecular formula is C10H15NO2. The molecular weight excluding hydrogens is 166 g/mol. The monoisotopic (exact) mass is 181 g/mol. The molecule has 0 saturated carbocycles. The van der Waals surface area contributed by atoms with Crippen LogP contribution >= 0.6 is 0 Å². The van der Waals surface area contributed by atoms with Crippen LogP contribution in [0.3, 0.4) is 0 Å². The van der Waals surface area contributed by atoms with Gasteiger partial charge in [-0.25, -0.2) is 0 Å². The Bertz CT molecular complexity index is 263. The van der Waals surface area contributed by atoms with E-state index in [1.54, 1.807) is 7.11 Å². The van der Waals surface area contributed by atoms with Gasteiger partial charge >= 0.3 is 0 Å². The van der Waals surface area contributed by atoms with Crippen molar-refractivity contribution in [3.05, 3.63) is 35.4 Å². The van der Waals surface area contributed by atoms with Crippen LogP contribution in [-0.2, 0) is 11.3 Å². The maximum atomic E-state index is 8.85. The van der Waals surface area contributed by atoms with Gasteiger partial charge in [-0.3, -0.25) is 0 Å². The van der Waals surface area contributed by atoms with Crippen LogP contribution < -0.4 is 5.73 Å². The first-order valence-electron chi connectivity index (χ1n) is 4.22. The lowest BCUT2D eigenvalue weighted by Gasteiger charge is -2.09. The van der Waals surface area contributed by atoms with Gasteiger partial charge in [0.15, 0.2) is 0 Å². The van der Waals surface area contributed by atoms with E-state index in [-0.39, 0.29) is 12.6 Å². The lowest BCUT2D eigenvalue weighted by Crippen LogP contribution is -2.14. The maximum Gasteiger partial charge on any atom is 0.0713 e. The summed E-state index contributed by atoms with van der Waals surface area (Å²) in [6, 6.07) is 7.44. The molecule has 0 fully saturated rings. The van der Waals surface area contributed by atoms with Crippen molar-refractivity contribution in [2.45, 2.75) is 12.6 Å². The number of hydrogen-bond acceptors (Lipinski definition) is 3. The molecule has 72 valence electrons. The molecule has 0 amide bonds. The van der Waals surface area contributed by atoms with Crippen molar-refractivity contribution in [1.82, 2.24) is 0 Å². The lowest BCUT2D eigenvalue weighted by atomic mass is 10.1. The van der Waals surface area contributed by atoms with Crippen molar-refractivity contribution in [2.75, 3.05) is 13.7 Å². The minimum Gasteiger partial charge on any atom is -0.394 e. The highest BCUT2D eigenvalue weighted by Gasteiger charge is 2.03. The Balaban J connectivity index is 2.78. The zero-order valence-corrected chi connectivity index (χ0v) is 7.73. The molecule has 1 aromatic carbocycles. The fourth-order valence-corrected chi connectivity index (χ4v) is 1.19. The number of aliphatic hydroxyl groups is 1. The molecule has 0 bridgehead atoms. The van der Waals surface area contributed by atoms with Crippen LogP contribution in [0, 0.1) is 0 Å². The number of ether oxygens (including phenoxy) is 1. The molecule has 0 aliphatic heterocycles. The molecule has 3 heteroatoms. The molecule has 0 heterocycles. The van der Waals surface area contributed by atoms with E-state index >= 15 is 0 Å². The van der Waals surface area contributed by atoms with Gasteiger partial charge in [0.05, 0.1) is 19.3 Å². The van der Waals surface area contributed by atoms with Crippen molar-refractivity contribution in [3.63, 3.8) is 0 Å². The minimum atomic E-state index is -0.295. The summed E-state index contributed by atoms with van der Waals surface area (Å²) in [5.74, 6) is 0. The highest BCUT2D eigenvalue weighted by Crippen LogP contribution is 2.12. The highest BCUT2D eigenvalue weighted by atomic mass is 16.5. The Kier molecular flexibility index (Phi) is 3.89. The highest BCUT2D eigenvalue weighted by molar-refractivity contribution is 5.25. The van der Waals surface area contributed by atoms with Crippen molar-refractivity contribution < 1.29 is 9.84 Å². The van der Waals surface area contributed by atoms with Crippen LogP contribution in [0.2, 0.25) is 0 Å². The summed E-state index contributed by atoms with van der Waals surface area (Å²) in [7, 11) is 1.65. The van der Waals surface area contributed by atoms with Gasteiger partial charge in [-0.2, -0.15) is 0 Å². The van der Waals surface area contributed by atoms with Crippen LogP contribution in [0.25, 0.3) is 0 Å². The molecule has 0 aliphatic carbocycles. The molecule has 0 radical (unpaired) electrons. The van der Waals surface area contributed by atoms with Gasteiger partial charge in [-0.15, -0.1) is 0 Å². The van der Waals surface area contributed by atoms with E-state index in [2.05, 4.69) is 0 Å². The standard InChI is InChI=1S/C10H15NO2/c1-13-7-8-3-2-4-9(5-8)10(11)6-12/h2-5,10,12H,6-7,11H2,1H3. The first-order chi connectivity index (χ1) is 6.27. The Morgan fingerprint density at radius 1 is 1.54 bits per heavy atom. The largest absolute Gasteiger partial charge is 0.394 e. The minimum absolute atomic E-state index is 0.0313. The molecule has 3 nitrogen and oxygen atoms in total. The van der Waals surface area contributed by atoms with Crippen molar-refractivity contribution in [3.8, 4) is 0 Å². The summed E-state index contributed by atoms with van der Waals surface area (Å²) >= 11 is 0. The van der Waals surface area contributed by atoms with Gasteiger partial charge < -0.3 is 15.6 Å². The smallest absolute Gasteiger partial charge is 0.0713 e. The SMILES string of the molecule is COCc1cccc(C(N)CO)c1. The van der Waals surface area contributed by atoms with Crippen molar-refractivity contribution >= 4 is 0 Å². The number of aliphatic hydroxyl groups excluding tert-OH is 1. The topological polar surface area (TPSA) is 55.5 Å². The first kappa shape index (κ1) is 10.2. The molecule has 13 heavy (non-hydrogen) atoms. The van der Waals surface area contributed by atoms with E-state index in [0.717, 1.165) is 11.1 Å². The van der Waals surface area contributed by atoms with E-state index in [1.165, 1.54) is 0 Å². The molecule has 1 unspecified atom stereocenters. The van der Waals surface area contributed by atoms with Crippen molar-refractivity contribution in [1.29, 1.82) is 0 Å². The number of methoxy groups -OCH3 is 1. The number of benzene rings is 1. The third-order valence-electron chi connectivity index (χ3n) is 1.89. The normalized spacial score (nSPS) is 12.8. The Hall–Kier alpha value is -0.900. The molecule has 1 rings (SSSR count). The van der Waals surface area contributed by atoms with E-state index in [0.29, 0.717) is 6.61 Å². The number of nitrogens with two attached hydrogens (primary N) is 1. The summed E-state index contributed by atoms with van der Waals surface area (Å²) in [5, 5.41) is 8.85. The Morgan fingerprint density at radius 2 is 2.31 bits per heavy atom. The van der Waals surface area contributed by atoms with Gasteiger partial charge in [-0.05, 0) is 11.1 Å². The second-order valence-electron chi connectivity index (χ2n) is 2.97. The van der Waals surface area contributed by atoms with E-state index < -0.39 is 0 Å². The van der Waals surface area contributed by atoms with E-state index in [9.17, 15) is 0 Å². The predicted molar refractivity (Wildman–Crippen MR) is 51.2 cm³/mol. The average molecular weight is 181 g/mol. The molecule has 1 aromatic rings. The van der Waals surface area contributed by atoms with Gasteiger partial charge in [0, 0.05) is 7.11 Å². The van der Waals surface area contributed by atoms with E-state index in [1.807, 2.05) is 24.3 Å². The molecule has 3 N–H and O–H groups in total. The summed E-state index contributed by atoms with van der Waals surface area (Å²) in [6.07, 6.45) is 0. The fourth-order valence-electron chi connectivity index (χ4n) is 1.19. The third-order valence-corrected chi connectivity index (χ3v) is 1.89. The summed E-state index contributed by atoms with van der Waals surface area (Å²) in [6.45, 7) is 0.544. The van der Waals surface area contributed by atoms with Crippen LogP contribution in [-0.4, -0.2) is 18.8 Å². The Morgan fingerprint density at radius 3 is 2.92 bits per heavy atom. The molecule has 0 saturated heterocycles. The third kappa shape index (κ3) is 2.81. The zero-order chi connectivity index (χ0) is 9.68. The van der Waals surface area contributed by atoms with Gasteiger partial charge in [0.1, 0.15) is 0 Å². The summed E-state index contributed by atoms with van der Waals surface area (Å²) in [4.78, 5) is 0. The van der Waals surface area contributed by atoms with Crippen LogP contribution in [0.1, 0.15) is 17.2 Å². The van der Waals surface area contributed by atoms with Crippen LogP contribution in [0.5, 0.6) is 0 Å². The van der Waals surface area contributed by atoms with Crippen LogP contribution in [0.15, 0.2) is 24.3 Å².